The summed E-state index contributed by atoms with van der Waals surface area (Å²) in [5, 5.41) is 3.29. The Hall–Kier alpha value is -0.570. The van der Waals surface area contributed by atoms with Gasteiger partial charge in [-0.1, -0.05) is 6.92 Å². The molecule has 0 aliphatic carbocycles. The number of carbonyl (C=O) groups excluding carboxylic acids is 1. The van der Waals surface area contributed by atoms with Crippen LogP contribution in [0, 0.1) is 0 Å². The minimum absolute atomic E-state index is 0.0713. The van der Waals surface area contributed by atoms with E-state index in [1.165, 1.54) is 0 Å². The number of hydrogen-bond donors (Lipinski definition) is 1. The van der Waals surface area contributed by atoms with Crippen molar-refractivity contribution in [3.05, 3.63) is 0 Å². The fourth-order valence-electron chi connectivity index (χ4n) is 1.05. The molecule has 1 N–H and O–H groups in total. The summed E-state index contributed by atoms with van der Waals surface area (Å²) in [5.74, 6) is -0.0713. The van der Waals surface area contributed by atoms with Gasteiger partial charge in [0.15, 0.2) is 0 Å². The second-order valence-electron chi connectivity index (χ2n) is 3.01. The van der Waals surface area contributed by atoms with Crippen LogP contribution >= 0.6 is 0 Å². The number of nitrogens with one attached hydrogen (secondary N) is 1. The number of carbonyl (C=O) groups is 1. The fraction of sp³-hybridized carbons (Fsp3) is 0.900. The lowest BCUT2D eigenvalue weighted by atomic mass is 10.2. The highest BCUT2D eigenvalue weighted by molar-refractivity contribution is 5.69. The molecule has 0 heterocycles. The molecule has 0 saturated heterocycles. The standard InChI is InChI=1S/C10H21NO2/c1-3-8-11-9-6-5-7-10(12)13-4-2/h11H,3-9H2,1-2H3. The molecule has 0 spiro atoms. The molecular formula is C10H21NO2. The van der Waals surface area contributed by atoms with Crippen molar-refractivity contribution in [2.24, 2.45) is 0 Å². The van der Waals surface area contributed by atoms with E-state index in [0.717, 1.165) is 32.4 Å². The highest BCUT2D eigenvalue weighted by Crippen LogP contribution is 1.96. The van der Waals surface area contributed by atoms with E-state index in [9.17, 15) is 4.79 Å². The van der Waals surface area contributed by atoms with E-state index in [2.05, 4.69) is 12.2 Å². The molecule has 0 atom stereocenters. The van der Waals surface area contributed by atoms with Gasteiger partial charge in [0.05, 0.1) is 6.61 Å². The van der Waals surface area contributed by atoms with Crippen LogP contribution in [0.1, 0.15) is 39.5 Å². The Morgan fingerprint density at radius 3 is 2.62 bits per heavy atom. The average molecular weight is 187 g/mol. The smallest absolute Gasteiger partial charge is 0.305 e. The molecule has 0 aromatic rings. The van der Waals surface area contributed by atoms with Crippen LogP contribution < -0.4 is 5.32 Å². The summed E-state index contributed by atoms with van der Waals surface area (Å²) in [4.78, 5) is 10.9. The number of rotatable bonds is 8. The lowest BCUT2D eigenvalue weighted by Gasteiger charge is -2.02. The second-order valence-corrected chi connectivity index (χ2v) is 3.01. The minimum atomic E-state index is -0.0713. The van der Waals surface area contributed by atoms with Crippen molar-refractivity contribution in [1.29, 1.82) is 0 Å². The number of hydrogen-bond acceptors (Lipinski definition) is 3. The SMILES string of the molecule is CCCNCCCCC(=O)OCC. The van der Waals surface area contributed by atoms with Crippen molar-refractivity contribution >= 4 is 5.97 Å². The Kier molecular flexibility index (Phi) is 9.10. The van der Waals surface area contributed by atoms with Crippen molar-refractivity contribution in [2.75, 3.05) is 19.7 Å². The molecule has 0 bridgehead atoms. The molecular weight excluding hydrogens is 166 g/mol. The third-order valence-electron chi connectivity index (χ3n) is 1.72. The Bertz CT molecular complexity index is 126. The quantitative estimate of drug-likeness (QED) is 0.464. The summed E-state index contributed by atoms with van der Waals surface area (Å²) < 4.78 is 4.81. The molecule has 13 heavy (non-hydrogen) atoms. The predicted octanol–water partition coefficient (Wildman–Crippen LogP) is 1.72. The average Bonchev–Trinajstić information content (AvgIpc) is 2.11. The number of unbranched alkanes of at least 4 members (excludes halogenated alkanes) is 1. The van der Waals surface area contributed by atoms with Crippen LogP contribution in [0.25, 0.3) is 0 Å². The van der Waals surface area contributed by atoms with Gasteiger partial charge in [-0.05, 0) is 39.3 Å². The summed E-state index contributed by atoms with van der Waals surface area (Å²) in [6.45, 7) is 6.55. The largest absolute Gasteiger partial charge is 0.466 e. The maximum Gasteiger partial charge on any atom is 0.305 e. The van der Waals surface area contributed by atoms with Crippen molar-refractivity contribution in [1.82, 2.24) is 5.32 Å². The zero-order valence-corrected chi connectivity index (χ0v) is 8.77. The Balaban J connectivity index is 3.02. The van der Waals surface area contributed by atoms with Gasteiger partial charge in [-0.15, -0.1) is 0 Å². The normalized spacial score (nSPS) is 10.0. The van der Waals surface area contributed by atoms with Crippen LogP contribution in [-0.2, 0) is 9.53 Å². The van der Waals surface area contributed by atoms with E-state index < -0.39 is 0 Å². The van der Waals surface area contributed by atoms with Crippen LogP contribution in [0.2, 0.25) is 0 Å². The topological polar surface area (TPSA) is 38.3 Å². The Morgan fingerprint density at radius 1 is 1.23 bits per heavy atom. The van der Waals surface area contributed by atoms with E-state index in [4.69, 9.17) is 4.74 Å². The summed E-state index contributed by atoms with van der Waals surface area (Å²) in [6.07, 6.45) is 3.70. The molecule has 0 rings (SSSR count). The van der Waals surface area contributed by atoms with E-state index in [1.54, 1.807) is 0 Å². The van der Waals surface area contributed by atoms with Gasteiger partial charge in [0.2, 0.25) is 0 Å². The molecule has 3 nitrogen and oxygen atoms in total. The van der Waals surface area contributed by atoms with Gasteiger partial charge in [0.1, 0.15) is 0 Å². The third-order valence-corrected chi connectivity index (χ3v) is 1.72. The minimum Gasteiger partial charge on any atom is -0.466 e. The van der Waals surface area contributed by atoms with Gasteiger partial charge in [0, 0.05) is 6.42 Å². The van der Waals surface area contributed by atoms with Gasteiger partial charge in [-0.25, -0.2) is 0 Å². The molecule has 0 fully saturated rings. The first-order valence-corrected chi connectivity index (χ1v) is 5.17. The van der Waals surface area contributed by atoms with Gasteiger partial charge in [-0.2, -0.15) is 0 Å². The van der Waals surface area contributed by atoms with E-state index >= 15 is 0 Å². The third kappa shape index (κ3) is 9.34. The number of esters is 1. The highest BCUT2D eigenvalue weighted by Gasteiger charge is 1.99. The van der Waals surface area contributed by atoms with Crippen LogP contribution in [0.5, 0.6) is 0 Å². The summed E-state index contributed by atoms with van der Waals surface area (Å²) in [7, 11) is 0. The molecule has 0 amide bonds. The summed E-state index contributed by atoms with van der Waals surface area (Å²) in [6, 6.07) is 0. The van der Waals surface area contributed by atoms with E-state index in [1.807, 2.05) is 6.92 Å². The van der Waals surface area contributed by atoms with Crippen LogP contribution in [-0.4, -0.2) is 25.7 Å². The molecule has 0 aromatic carbocycles. The number of ether oxygens (including phenoxy) is 1. The summed E-state index contributed by atoms with van der Waals surface area (Å²) in [5.41, 5.74) is 0. The monoisotopic (exact) mass is 187 g/mol. The maximum atomic E-state index is 10.9. The van der Waals surface area contributed by atoms with Gasteiger partial charge in [0.25, 0.3) is 0 Å². The van der Waals surface area contributed by atoms with Crippen molar-refractivity contribution < 1.29 is 9.53 Å². The van der Waals surface area contributed by atoms with Crippen molar-refractivity contribution in [3.63, 3.8) is 0 Å². The molecule has 0 saturated carbocycles. The maximum absolute atomic E-state index is 10.9. The molecule has 0 aliphatic heterocycles. The predicted molar refractivity (Wildman–Crippen MR) is 53.6 cm³/mol. The van der Waals surface area contributed by atoms with Crippen LogP contribution in [0.15, 0.2) is 0 Å². The first-order chi connectivity index (χ1) is 6.31. The lowest BCUT2D eigenvalue weighted by Crippen LogP contribution is -2.16. The van der Waals surface area contributed by atoms with E-state index in [0.29, 0.717) is 13.0 Å². The first kappa shape index (κ1) is 12.4. The molecule has 0 unspecified atom stereocenters. The zero-order valence-electron chi connectivity index (χ0n) is 8.77. The molecule has 3 heteroatoms. The first-order valence-electron chi connectivity index (χ1n) is 5.17. The van der Waals surface area contributed by atoms with Gasteiger partial charge in [-0.3, -0.25) is 4.79 Å². The Morgan fingerprint density at radius 2 is 2.00 bits per heavy atom. The Labute approximate surface area is 80.8 Å². The molecule has 0 radical (unpaired) electrons. The molecule has 0 aliphatic rings. The van der Waals surface area contributed by atoms with Crippen molar-refractivity contribution in [2.45, 2.75) is 39.5 Å². The van der Waals surface area contributed by atoms with Crippen molar-refractivity contribution in [3.8, 4) is 0 Å². The lowest BCUT2D eigenvalue weighted by molar-refractivity contribution is -0.143. The highest BCUT2D eigenvalue weighted by atomic mass is 16.5. The van der Waals surface area contributed by atoms with Crippen LogP contribution in [0.4, 0.5) is 0 Å². The zero-order chi connectivity index (χ0) is 9.94. The fourth-order valence-corrected chi connectivity index (χ4v) is 1.05. The van der Waals surface area contributed by atoms with Crippen LogP contribution in [0.3, 0.4) is 0 Å². The van der Waals surface area contributed by atoms with Gasteiger partial charge >= 0.3 is 5.97 Å². The molecule has 78 valence electrons. The van der Waals surface area contributed by atoms with Gasteiger partial charge < -0.3 is 10.1 Å². The summed E-state index contributed by atoms with van der Waals surface area (Å²) >= 11 is 0. The second kappa shape index (κ2) is 9.52. The molecule has 0 aromatic heterocycles. The van der Waals surface area contributed by atoms with E-state index in [-0.39, 0.29) is 5.97 Å².